The number of hydrogen-bond acceptors (Lipinski definition) is 3. The first-order chi connectivity index (χ1) is 19.7. The van der Waals surface area contributed by atoms with Crippen molar-refractivity contribution in [1.29, 1.82) is 0 Å². The number of rotatable bonds is 15. The fourth-order valence-corrected chi connectivity index (χ4v) is 9.51. The largest absolute Gasteiger partial charge is 0.365 e. The average Bonchev–Trinajstić information content (AvgIpc) is 2.94. The molecule has 0 aliphatic heterocycles. The molecule has 3 aliphatic carbocycles. The zero-order chi connectivity index (χ0) is 28.5. The van der Waals surface area contributed by atoms with E-state index in [-0.39, 0.29) is 5.41 Å². The quantitative estimate of drug-likeness (QED) is 0.0690. The van der Waals surface area contributed by atoms with Crippen molar-refractivity contribution in [2.45, 2.75) is 168 Å². The molecule has 7 unspecified atom stereocenters. The van der Waals surface area contributed by atoms with E-state index in [1.165, 1.54) is 154 Å². The lowest BCUT2D eigenvalue weighted by atomic mass is 9.49. The summed E-state index contributed by atoms with van der Waals surface area (Å²) >= 11 is 0. The lowest BCUT2D eigenvalue weighted by Crippen LogP contribution is -2.49. The molecule has 3 aliphatic rings. The second-order valence-electron chi connectivity index (χ2n) is 14.1. The fraction of sp³-hybridized carbons (Fsp3) is 0.944. The molecule has 0 aromatic rings. The minimum atomic E-state index is 0.278. The van der Waals surface area contributed by atoms with Crippen molar-refractivity contribution in [3.8, 4) is 0 Å². The molecular formula is C36H67O3P. The average molecular weight is 579 g/mol. The molecule has 0 saturated heterocycles. The van der Waals surface area contributed by atoms with E-state index in [9.17, 15) is 5.26 Å². The number of hydrogen-bond donors (Lipinski definition) is 1. The third kappa shape index (κ3) is 10.3. The molecule has 0 aromatic carbocycles. The molecule has 3 saturated carbocycles. The molecule has 0 aromatic heterocycles. The Balaban J connectivity index is 2.04. The van der Waals surface area contributed by atoms with E-state index in [1.807, 2.05) is 0 Å². The maximum Gasteiger partial charge on any atom is 0.0853 e. The monoisotopic (exact) mass is 578 g/mol. The van der Waals surface area contributed by atoms with Crippen LogP contribution in [0.1, 0.15) is 168 Å². The van der Waals surface area contributed by atoms with Crippen LogP contribution in [0.15, 0.2) is 11.6 Å². The van der Waals surface area contributed by atoms with Gasteiger partial charge < -0.3 is 4.52 Å². The Hall–Kier alpha value is 0.0500. The Bertz CT molecular complexity index is 681. The molecule has 0 radical (unpaired) electrons. The van der Waals surface area contributed by atoms with Crippen molar-refractivity contribution >= 4 is 9.47 Å². The minimum Gasteiger partial charge on any atom is -0.365 e. The SMILES string of the molecule is CCCCCCC1CCC2(CCCCCCC2COO)C(/C=C2\CCCCCCC2COP)C1CCCCCC. The van der Waals surface area contributed by atoms with Gasteiger partial charge in [-0.25, -0.2) is 4.89 Å². The van der Waals surface area contributed by atoms with Gasteiger partial charge in [0.2, 0.25) is 0 Å². The van der Waals surface area contributed by atoms with E-state index in [0.29, 0.717) is 24.4 Å². The highest BCUT2D eigenvalue weighted by atomic mass is 31.0. The first-order valence-corrected chi connectivity index (χ1v) is 18.5. The second-order valence-corrected chi connectivity index (χ2v) is 14.4. The van der Waals surface area contributed by atoms with E-state index in [4.69, 9.17) is 9.41 Å². The maximum atomic E-state index is 9.83. The first kappa shape index (κ1) is 34.5. The van der Waals surface area contributed by atoms with Gasteiger partial charge in [-0.1, -0.05) is 128 Å². The molecule has 3 fully saturated rings. The van der Waals surface area contributed by atoms with Crippen LogP contribution in [0.4, 0.5) is 0 Å². The summed E-state index contributed by atoms with van der Waals surface area (Å²) in [6.07, 6.45) is 35.3. The molecule has 234 valence electrons. The van der Waals surface area contributed by atoms with E-state index >= 15 is 0 Å². The van der Waals surface area contributed by atoms with Crippen LogP contribution < -0.4 is 0 Å². The summed E-state index contributed by atoms with van der Waals surface area (Å²) < 4.78 is 5.77. The molecule has 7 atom stereocenters. The first-order valence-electron chi connectivity index (χ1n) is 18.0. The Morgan fingerprint density at radius 2 is 1.48 bits per heavy atom. The predicted molar refractivity (Wildman–Crippen MR) is 174 cm³/mol. The van der Waals surface area contributed by atoms with Gasteiger partial charge in [-0.2, -0.15) is 0 Å². The summed E-state index contributed by atoms with van der Waals surface area (Å²) in [5.41, 5.74) is 2.00. The van der Waals surface area contributed by atoms with E-state index in [1.54, 1.807) is 5.57 Å². The van der Waals surface area contributed by atoms with Crippen LogP contribution in [0.5, 0.6) is 0 Å². The maximum absolute atomic E-state index is 9.83. The molecular weight excluding hydrogens is 511 g/mol. The molecule has 0 amide bonds. The van der Waals surface area contributed by atoms with Gasteiger partial charge in [-0.05, 0) is 80.5 Å². The number of unbranched alkanes of at least 4 members (excludes halogenated alkanes) is 6. The Morgan fingerprint density at radius 3 is 2.20 bits per heavy atom. The lowest BCUT2D eigenvalue weighted by molar-refractivity contribution is -0.263. The molecule has 4 heteroatoms. The molecule has 3 nitrogen and oxygen atoms in total. The van der Waals surface area contributed by atoms with Crippen LogP contribution in [-0.2, 0) is 9.41 Å². The normalized spacial score (nSPS) is 33.4. The van der Waals surface area contributed by atoms with E-state index in [0.717, 1.165) is 18.4 Å². The van der Waals surface area contributed by atoms with Crippen molar-refractivity contribution in [3.63, 3.8) is 0 Å². The molecule has 40 heavy (non-hydrogen) atoms. The molecule has 0 heterocycles. The standard InChI is InChI=1S/C36H67O3P/c1-3-5-7-13-19-30-24-26-36(25-18-12-11-16-22-33(36)29-38-37)35(34(30)23-17-8-6-4-2)27-31-20-14-9-10-15-21-32(31)28-39-40/h27,30,32-35,37H,3-26,28-29,40H2,1-2H3/b31-27+. The van der Waals surface area contributed by atoms with Crippen LogP contribution in [0, 0.1) is 35.0 Å². The van der Waals surface area contributed by atoms with Crippen LogP contribution >= 0.6 is 9.47 Å². The van der Waals surface area contributed by atoms with Crippen LogP contribution in [-0.4, -0.2) is 18.5 Å². The zero-order valence-corrected chi connectivity index (χ0v) is 27.8. The highest BCUT2D eigenvalue weighted by Crippen LogP contribution is 2.59. The molecule has 1 N–H and O–H groups in total. The second kappa shape index (κ2) is 20.1. The summed E-state index contributed by atoms with van der Waals surface area (Å²) in [6.45, 7) is 6.06. The fourth-order valence-electron chi connectivity index (χ4n) is 9.27. The van der Waals surface area contributed by atoms with Crippen molar-refractivity contribution in [3.05, 3.63) is 11.6 Å². The molecule has 3 rings (SSSR count). The van der Waals surface area contributed by atoms with Gasteiger partial charge in [0, 0.05) is 15.4 Å². The van der Waals surface area contributed by atoms with Gasteiger partial charge in [0.25, 0.3) is 0 Å². The molecule has 1 spiro atoms. The Kier molecular flexibility index (Phi) is 17.3. The topological polar surface area (TPSA) is 38.7 Å². The van der Waals surface area contributed by atoms with Gasteiger partial charge in [0.1, 0.15) is 0 Å². The van der Waals surface area contributed by atoms with Crippen molar-refractivity contribution < 1.29 is 14.7 Å². The smallest absolute Gasteiger partial charge is 0.0853 e. The third-order valence-corrected chi connectivity index (χ3v) is 11.7. The van der Waals surface area contributed by atoms with E-state index < -0.39 is 0 Å². The summed E-state index contributed by atoms with van der Waals surface area (Å²) in [5.74, 6) is 3.31. The van der Waals surface area contributed by atoms with Crippen molar-refractivity contribution in [2.24, 2.45) is 35.0 Å². The summed E-state index contributed by atoms with van der Waals surface area (Å²) in [7, 11) is 2.54. The Morgan fingerprint density at radius 1 is 0.775 bits per heavy atom. The van der Waals surface area contributed by atoms with Crippen molar-refractivity contribution in [1.82, 2.24) is 0 Å². The van der Waals surface area contributed by atoms with Crippen LogP contribution in [0.2, 0.25) is 0 Å². The van der Waals surface area contributed by atoms with Gasteiger partial charge >= 0.3 is 0 Å². The van der Waals surface area contributed by atoms with Crippen LogP contribution in [0.25, 0.3) is 0 Å². The van der Waals surface area contributed by atoms with Crippen molar-refractivity contribution in [2.75, 3.05) is 13.2 Å². The third-order valence-electron chi connectivity index (χ3n) is 11.5. The lowest BCUT2D eigenvalue weighted by Gasteiger charge is -2.55. The summed E-state index contributed by atoms with van der Waals surface area (Å²) in [5, 5.41) is 9.83. The van der Waals surface area contributed by atoms with Crippen LogP contribution in [0.3, 0.4) is 0 Å². The summed E-state index contributed by atoms with van der Waals surface area (Å²) in [4.78, 5) is 5.06. The van der Waals surface area contributed by atoms with Gasteiger partial charge in [0.15, 0.2) is 0 Å². The van der Waals surface area contributed by atoms with Gasteiger partial charge in [-0.3, -0.25) is 5.26 Å². The predicted octanol–water partition coefficient (Wildman–Crippen LogP) is 11.7. The highest BCUT2D eigenvalue weighted by molar-refractivity contribution is 7.09. The van der Waals surface area contributed by atoms with Gasteiger partial charge in [-0.15, -0.1) is 0 Å². The number of allylic oxidation sites excluding steroid dienone is 1. The van der Waals surface area contributed by atoms with Gasteiger partial charge in [0.05, 0.1) is 13.2 Å². The molecule has 0 bridgehead atoms. The minimum absolute atomic E-state index is 0.278. The summed E-state index contributed by atoms with van der Waals surface area (Å²) in [6, 6.07) is 0. The zero-order valence-electron chi connectivity index (χ0n) is 26.7. The Labute approximate surface area is 251 Å². The van der Waals surface area contributed by atoms with E-state index in [2.05, 4.69) is 29.4 Å². The highest BCUT2D eigenvalue weighted by Gasteiger charge is 2.51.